The van der Waals surface area contributed by atoms with Gasteiger partial charge >= 0.3 is 13.1 Å². The Hall–Kier alpha value is -2.70. The van der Waals surface area contributed by atoms with Crippen molar-refractivity contribution in [2.45, 2.75) is 0 Å². The fraction of sp³-hybridized carbons (Fsp3) is 0. The molecule has 22 heavy (non-hydrogen) atoms. The quantitative estimate of drug-likeness (QED) is 0.633. The van der Waals surface area contributed by atoms with E-state index in [0.717, 1.165) is 5.56 Å². The molecule has 0 amide bonds. The minimum absolute atomic E-state index is 0.218. The number of benzene rings is 2. The molecule has 3 N–H and O–H groups in total. The van der Waals surface area contributed by atoms with Gasteiger partial charge in [-0.3, -0.25) is 0 Å². The molecule has 0 fully saturated rings. The van der Waals surface area contributed by atoms with Crippen LogP contribution in [-0.2, 0) is 0 Å². The van der Waals surface area contributed by atoms with Crippen LogP contribution in [-0.4, -0.2) is 33.2 Å². The third kappa shape index (κ3) is 2.57. The lowest BCUT2D eigenvalue weighted by molar-refractivity contribution is 0.0699. The van der Waals surface area contributed by atoms with Gasteiger partial charge < -0.3 is 15.2 Å². The molecular weight excluding hydrogens is 281 g/mol. The Morgan fingerprint density at radius 3 is 2.32 bits per heavy atom. The van der Waals surface area contributed by atoms with Crippen molar-refractivity contribution in [1.29, 1.82) is 0 Å². The van der Waals surface area contributed by atoms with Crippen molar-refractivity contribution in [3.63, 3.8) is 0 Å². The third-order valence-electron chi connectivity index (χ3n) is 3.47. The number of nitrogens with zero attached hydrogens (tertiary/aromatic N) is 1. The molecule has 1 aromatic heterocycles. The second-order valence-electron chi connectivity index (χ2n) is 4.87. The predicted octanol–water partition coefficient (Wildman–Crippen LogP) is 1.28. The number of carbonyl (C=O) groups is 1. The Kier molecular flexibility index (Phi) is 3.62. The average molecular weight is 293 g/mol. The SMILES string of the molecule is O=C(O)c1cccc2nc(-c3ccc(B(O)O)cc3)ccc12. The Bertz CT molecular complexity index is 846. The Morgan fingerprint density at radius 1 is 0.955 bits per heavy atom. The van der Waals surface area contributed by atoms with Crippen LogP contribution in [0.3, 0.4) is 0 Å². The van der Waals surface area contributed by atoms with Crippen molar-refractivity contribution in [2.75, 3.05) is 0 Å². The third-order valence-corrected chi connectivity index (χ3v) is 3.47. The van der Waals surface area contributed by atoms with E-state index in [1.54, 1.807) is 54.6 Å². The van der Waals surface area contributed by atoms with Crippen LogP contribution in [0.4, 0.5) is 0 Å². The van der Waals surface area contributed by atoms with Crippen LogP contribution < -0.4 is 5.46 Å². The Labute approximate surface area is 126 Å². The lowest BCUT2D eigenvalue weighted by Gasteiger charge is -2.06. The number of hydrogen-bond acceptors (Lipinski definition) is 4. The zero-order valence-electron chi connectivity index (χ0n) is 11.5. The number of aromatic nitrogens is 1. The summed E-state index contributed by atoms with van der Waals surface area (Å²) in [5.74, 6) is -0.985. The standard InChI is InChI=1S/C16H12BNO4/c19-16(20)13-2-1-3-15-12(13)8-9-14(18-15)10-4-6-11(7-5-10)17(21)22/h1-9,21-22H,(H,19,20). The fourth-order valence-corrected chi connectivity index (χ4v) is 2.33. The number of fused-ring (bicyclic) bond motifs is 1. The lowest BCUT2D eigenvalue weighted by atomic mass is 9.80. The van der Waals surface area contributed by atoms with Crippen LogP contribution in [0.1, 0.15) is 10.4 Å². The van der Waals surface area contributed by atoms with E-state index in [0.29, 0.717) is 22.1 Å². The largest absolute Gasteiger partial charge is 0.488 e. The molecule has 0 saturated carbocycles. The summed E-state index contributed by atoms with van der Waals surface area (Å²) in [6, 6.07) is 15.1. The molecule has 0 unspecified atom stereocenters. The van der Waals surface area contributed by atoms with Crippen LogP contribution in [0.5, 0.6) is 0 Å². The van der Waals surface area contributed by atoms with E-state index in [1.165, 1.54) is 0 Å². The normalized spacial score (nSPS) is 10.6. The van der Waals surface area contributed by atoms with E-state index in [-0.39, 0.29) is 5.56 Å². The van der Waals surface area contributed by atoms with Gasteiger partial charge in [-0.15, -0.1) is 0 Å². The molecule has 0 aliphatic carbocycles. The summed E-state index contributed by atoms with van der Waals surface area (Å²) in [7, 11) is -1.50. The average Bonchev–Trinajstić information content (AvgIpc) is 2.53. The molecule has 1 heterocycles. The number of pyridine rings is 1. The Balaban J connectivity index is 2.07. The van der Waals surface area contributed by atoms with Gasteiger partial charge in [0.25, 0.3) is 0 Å². The van der Waals surface area contributed by atoms with Crippen molar-refractivity contribution in [3.8, 4) is 11.3 Å². The summed E-state index contributed by atoms with van der Waals surface area (Å²) in [4.78, 5) is 15.7. The maximum absolute atomic E-state index is 11.2. The van der Waals surface area contributed by atoms with Crippen molar-refractivity contribution < 1.29 is 19.9 Å². The molecule has 5 nitrogen and oxygen atoms in total. The molecule has 3 aromatic rings. The summed E-state index contributed by atoms with van der Waals surface area (Å²) in [6.07, 6.45) is 0. The molecular formula is C16H12BNO4. The van der Waals surface area contributed by atoms with Gasteiger partial charge in [-0.05, 0) is 29.7 Å². The minimum Gasteiger partial charge on any atom is -0.478 e. The first-order valence-corrected chi connectivity index (χ1v) is 6.66. The molecule has 0 atom stereocenters. The number of carboxylic acid groups (broad SMARTS) is 1. The molecule has 0 bridgehead atoms. The first kappa shape index (κ1) is 14.3. The van der Waals surface area contributed by atoms with Gasteiger partial charge in [0.15, 0.2) is 0 Å². The zero-order chi connectivity index (χ0) is 15.7. The van der Waals surface area contributed by atoms with Gasteiger partial charge in [-0.1, -0.05) is 30.3 Å². The van der Waals surface area contributed by atoms with Gasteiger partial charge in [-0.25, -0.2) is 9.78 Å². The number of carboxylic acids is 1. The highest BCUT2D eigenvalue weighted by Crippen LogP contribution is 2.22. The second-order valence-corrected chi connectivity index (χ2v) is 4.87. The van der Waals surface area contributed by atoms with E-state index in [1.807, 2.05) is 0 Å². The van der Waals surface area contributed by atoms with Gasteiger partial charge in [0.2, 0.25) is 0 Å². The van der Waals surface area contributed by atoms with Gasteiger partial charge in [-0.2, -0.15) is 0 Å². The molecule has 6 heteroatoms. The summed E-state index contributed by atoms with van der Waals surface area (Å²) < 4.78 is 0. The summed E-state index contributed by atoms with van der Waals surface area (Å²) in [6.45, 7) is 0. The number of rotatable bonds is 3. The first-order chi connectivity index (χ1) is 10.6. The van der Waals surface area contributed by atoms with Crippen LogP contribution >= 0.6 is 0 Å². The molecule has 108 valence electrons. The highest BCUT2D eigenvalue weighted by molar-refractivity contribution is 6.58. The van der Waals surface area contributed by atoms with Crippen LogP contribution in [0.15, 0.2) is 54.6 Å². The topological polar surface area (TPSA) is 90.7 Å². The first-order valence-electron chi connectivity index (χ1n) is 6.66. The van der Waals surface area contributed by atoms with Crippen LogP contribution in [0, 0.1) is 0 Å². The van der Waals surface area contributed by atoms with E-state index in [9.17, 15) is 9.90 Å². The number of hydrogen-bond donors (Lipinski definition) is 3. The van der Waals surface area contributed by atoms with E-state index < -0.39 is 13.1 Å². The molecule has 2 aromatic carbocycles. The molecule has 0 radical (unpaired) electrons. The van der Waals surface area contributed by atoms with Gasteiger partial charge in [0.05, 0.1) is 16.8 Å². The smallest absolute Gasteiger partial charge is 0.478 e. The van der Waals surface area contributed by atoms with Gasteiger partial charge in [0.1, 0.15) is 0 Å². The predicted molar refractivity (Wildman–Crippen MR) is 84.0 cm³/mol. The maximum Gasteiger partial charge on any atom is 0.488 e. The molecule has 3 rings (SSSR count). The van der Waals surface area contributed by atoms with Crippen molar-refractivity contribution in [2.24, 2.45) is 0 Å². The Morgan fingerprint density at radius 2 is 1.68 bits per heavy atom. The van der Waals surface area contributed by atoms with Crippen LogP contribution in [0.2, 0.25) is 0 Å². The summed E-state index contributed by atoms with van der Waals surface area (Å²) in [5.41, 5.74) is 2.72. The zero-order valence-corrected chi connectivity index (χ0v) is 11.5. The number of aromatic carboxylic acids is 1. The highest BCUT2D eigenvalue weighted by Gasteiger charge is 2.12. The van der Waals surface area contributed by atoms with Gasteiger partial charge in [0, 0.05) is 10.9 Å². The highest BCUT2D eigenvalue weighted by atomic mass is 16.4. The molecule has 0 spiro atoms. The van der Waals surface area contributed by atoms with Crippen molar-refractivity contribution in [3.05, 3.63) is 60.2 Å². The fourth-order valence-electron chi connectivity index (χ4n) is 2.33. The second kappa shape index (κ2) is 5.59. The molecule has 0 aliphatic heterocycles. The monoisotopic (exact) mass is 293 g/mol. The molecule has 0 aliphatic rings. The minimum atomic E-state index is -1.50. The van der Waals surface area contributed by atoms with E-state index >= 15 is 0 Å². The van der Waals surface area contributed by atoms with Crippen molar-refractivity contribution in [1.82, 2.24) is 4.98 Å². The van der Waals surface area contributed by atoms with Crippen LogP contribution in [0.25, 0.3) is 22.2 Å². The van der Waals surface area contributed by atoms with E-state index in [4.69, 9.17) is 10.0 Å². The molecule has 0 saturated heterocycles. The lowest BCUT2D eigenvalue weighted by Crippen LogP contribution is -2.29. The summed E-state index contributed by atoms with van der Waals surface area (Å²) in [5, 5.41) is 27.9. The summed E-state index contributed by atoms with van der Waals surface area (Å²) >= 11 is 0. The van der Waals surface area contributed by atoms with Crippen molar-refractivity contribution >= 4 is 29.5 Å². The maximum atomic E-state index is 11.2. The van der Waals surface area contributed by atoms with E-state index in [2.05, 4.69) is 4.98 Å².